The number of fused-ring (bicyclic) bond motifs is 5. The van der Waals surface area contributed by atoms with Crippen molar-refractivity contribution in [3.63, 3.8) is 0 Å². The largest absolute Gasteiger partial charge is 0.357 e. The minimum Gasteiger partial charge on any atom is -0.357 e. The highest BCUT2D eigenvalue weighted by atomic mass is 16.6. The number of aromatic nitrogens is 4. The van der Waals surface area contributed by atoms with Crippen molar-refractivity contribution in [1.82, 2.24) is 25.7 Å². The van der Waals surface area contributed by atoms with E-state index in [-0.39, 0.29) is 17.5 Å². The van der Waals surface area contributed by atoms with Crippen LogP contribution in [0.15, 0.2) is 53.0 Å². The number of anilines is 1. The topological polar surface area (TPSA) is 133 Å². The summed E-state index contributed by atoms with van der Waals surface area (Å²) < 4.78 is 0. The second-order valence-electron chi connectivity index (χ2n) is 10.2. The Kier molecular flexibility index (Phi) is 3.85. The second-order valence-corrected chi connectivity index (χ2v) is 10.2. The van der Waals surface area contributed by atoms with Gasteiger partial charge in [-0.05, 0) is 62.0 Å². The number of amides is 1. The summed E-state index contributed by atoms with van der Waals surface area (Å²) in [6, 6.07) is 4.57. The number of hydrogen-bond acceptors (Lipinski definition) is 6. The lowest BCUT2D eigenvalue weighted by molar-refractivity contribution is -0.384. The number of aromatic amines is 2. The molecular formula is C25H23N7O3. The van der Waals surface area contributed by atoms with Crippen LogP contribution in [0.5, 0.6) is 0 Å². The molecule has 1 aromatic carbocycles. The van der Waals surface area contributed by atoms with Crippen molar-refractivity contribution in [2.75, 3.05) is 4.90 Å². The van der Waals surface area contributed by atoms with Crippen LogP contribution in [0.1, 0.15) is 44.4 Å². The maximum atomic E-state index is 13.7. The zero-order chi connectivity index (χ0) is 24.1. The van der Waals surface area contributed by atoms with Crippen molar-refractivity contribution in [1.29, 1.82) is 0 Å². The summed E-state index contributed by atoms with van der Waals surface area (Å²) in [6.45, 7) is 3.89. The molecular weight excluding hydrogens is 446 g/mol. The van der Waals surface area contributed by atoms with Gasteiger partial charge < -0.3 is 5.32 Å². The van der Waals surface area contributed by atoms with Crippen LogP contribution < -0.4 is 10.2 Å². The molecule has 3 aromatic rings. The monoisotopic (exact) mass is 469 g/mol. The van der Waals surface area contributed by atoms with Crippen molar-refractivity contribution in [3.05, 3.63) is 74.4 Å². The maximum absolute atomic E-state index is 13.7. The van der Waals surface area contributed by atoms with Gasteiger partial charge in [0.2, 0.25) is 5.91 Å². The number of non-ortho nitro benzene ring substituents is 1. The van der Waals surface area contributed by atoms with Gasteiger partial charge in [-0.15, -0.1) is 0 Å². The van der Waals surface area contributed by atoms with Crippen LogP contribution in [0.4, 0.5) is 11.5 Å². The summed E-state index contributed by atoms with van der Waals surface area (Å²) in [5, 5.41) is 30.3. The smallest absolute Gasteiger partial charge is 0.271 e. The molecule has 2 aliphatic heterocycles. The van der Waals surface area contributed by atoms with E-state index in [0.29, 0.717) is 23.1 Å². The summed E-state index contributed by atoms with van der Waals surface area (Å²) in [6.07, 6.45) is 7.78. The number of benzene rings is 1. The number of carbonyl (C=O) groups excluding carboxylic acids is 1. The lowest BCUT2D eigenvalue weighted by atomic mass is 9.78. The number of H-pyrrole nitrogens is 2. The standard InChI is InChI=1S/C25H23N7O3/c1-25(2)17-10-18-16(14-5-3-4-12-11-26-29-21(12)22(14)27-18)9-20(17)31(24(25)33)23-15-7-6-13(32(34)35)8-19(15)28-30-23/h6-8,10-11,16,27H,3-5,9H2,1-2H3,(H,26,29)(H,28,30). The third-order valence-corrected chi connectivity index (χ3v) is 7.88. The van der Waals surface area contributed by atoms with Gasteiger partial charge in [0.1, 0.15) is 0 Å². The molecule has 0 spiro atoms. The van der Waals surface area contributed by atoms with Crippen molar-refractivity contribution < 1.29 is 9.72 Å². The molecule has 4 aliphatic rings. The fraction of sp³-hybridized carbons (Fsp3) is 0.320. The number of aryl methyl sites for hydroxylation is 1. The molecule has 0 saturated carbocycles. The van der Waals surface area contributed by atoms with Crippen LogP contribution in [-0.4, -0.2) is 31.2 Å². The van der Waals surface area contributed by atoms with E-state index in [4.69, 9.17) is 0 Å². The van der Waals surface area contributed by atoms with Gasteiger partial charge >= 0.3 is 0 Å². The average molecular weight is 470 g/mol. The first-order valence-corrected chi connectivity index (χ1v) is 11.8. The molecule has 0 radical (unpaired) electrons. The number of nitrogens with one attached hydrogen (secondary N) is 3. The summed E-state index contributed by atoms with van der Waals surface area (Å²) in [7, 11) is 0. The molecule has 176 valence electrons. The molecule has 7 rings (SSSR count). The Morgan fingerprint density at radius 2 is 2.09 bits per heavy atom. The Balaban J connectivity index is 1.34. The Hall–Kier alpha value is -4.21. The van der Waals surface area contributed by atoms with E-state index < -0.39 is 10.3 Å². The third-order valence-electron chi connectivity index (χ3n) is 7.88. The molecule has 0 fully saturated rings. The SMILES string of the molecule is CC1(C)C(=O)N(c2n[nH]c3cc([N+](=O)[O-])ccc23)C2=C1C=C1NC3=C(CCCc4cn[nH]c43)C1C2. The number of hydrogen-bond donors (Lipinski definition) is 3. The lowest BCUT2D eigenvalue weighted by Crippen LogP contribution is -2.33. The average Bonchev–Trinajstić information content (AvgIpc) is 3.56. The van der Waals surface area contributed by atoms with E-state index in [1.807, 2.05) is 20.0 Å². The molecule has 0 saturated heterocycles. The summed E-state index contributed by atoms with van der Waals surface area (Å²) in [4.78, 5) is 26.2. The second kappa shape index (κ2) is 6.68. The number of nitro groups is 1. The van der Waals surface area contributed by atoms with Crippen molar-refractivity contribution in [2.45, 2.75) is 39.5 Å². The van der Waals surface area contributed by atoms with Gasteiger partial charge in [-0.25, -0.2) is 0 Å². The predicted molar refractivity (Wildman–Crippen MR) is 129 cm³/mol. The highest BCUT2D eigenvalue weighted by Gasteiger charge is 2.50. The zero-order valence-corrected chi connectivity index (χ0v) is 19.3. The highest BCUT2D eigenvalue weighted by molar-refractivity contribution is 6.10. The van der Waals surface area contributed by atoms with Gasteiger partial charge in [0, 0.05) is 41.3 Å². The maximum Gasteiger partial charge on any atom is 0.271 e. The molecule has 35 heavy (non-hydrogen) atoms. The normalized spacial score (nSPS) is 22.5. The number of nitrogens with zero attached hydrogens (tertiary/aromatic N) is 4. The van der Waals surface area contributed by atoms with E-state index in [2.05, 4.69) is 31.8 Å². The summed E-state index contributed by atoms with van der Waals surface area (Å²) in [5.41, 5.74) is 7.63. The Morgan fingerprint density at radius 3 is 2.91 bits per heavy atom. The molecule has 3 N–H and O–H groups in total. The predicted octanol–water partition coefficient (Wildman–Crippen LogP) is 4.08. The van der Waals surface area contributed by atoms with Gasteiger partial charge in [0.05, 0.1) is 33.4 Å². The molecule has 4 heterocycles. The summed E-state index contributed by atoms with van der Waals surface area (Å²) in [5.74, 6) is 0.609. The van der Waals surface area contributed by atoms with Crippen molar-refractivity contribution >= 4 is 34.0 Å². The van der Waals surface area contributed by atoms with Gasteiger partial charge in [0.15, 0.2) is 5.82 Å². The highest BCUT2D eigenvalue weighted by Crippen LogP contribution is 2.53. The van der Waals surface area contributed by atoms with E-state index in [9.17, 15) is 14.9 Å². The number of carbonyl (C=O) groups is 1. The first kappa shape index (κ1) is 20.2. The van der Waals surface area contributed by atoms with E-state index >= 15 is 0 Å². The Labute approximate surface area is 199 Å². The summed E-state index contributed by atoms with van der Waals surface area (Å²) >= 11 is 0. The Morgan fingerprint density at radius 1 is 1.23 bits per heavy atom. The van der Waals surface area contributed by atoms with Crippen LogP contribution in [0.2, 0.25) is 0 Å². The van der Waals surface area contributed by atoms with Gasteiger partial charge in [-0.2, -0.15) is 10.2 Å². The molecule has 1 atom stereocenters. The van der Waals surface area contributed by atoms with Crippen LogP contribution in [0, 0.1) is 21.4 Å². The van der Waals surface area contributed by atoms with E-state index in [1.165, 1.54) is 23.3 Å². The number of allylic oxidation sites excluding steroid dienone is 3. The lowest BCUT2D eigenvalue weighted by Gasteiger charge is -2.26. The van der Waals surface area contributed by atoms with Crippen LogP contribution in [0.3, 0.4) is 0 Å². The number of nitro benzene ring substituents is 1. The minimum absolute atomic E-state index is 0.0195. The fourth-order valence-corrected chi connectivity index (χ4v) is 6.07. The van der Waals surface area contributed by atoms with Gasteiger partial charge in [-0.3, -0.25) is 30.0 Å². The molecule has 10 heteroatoms. The number of rotatable bonds is 2. The molecule has 10 nitrogen and oxygen atoms in total. The van der Waals surface area contributed by atoms with E-state index in [0.717, 1.165) is 47.6 Å². The first-order valence-electron chi connectivity index (χ1n) is 11.8. The van der Waals surface area contributed by atoms with Gasteiger partial charge in [-0.1, -0.05) is 0 Å². The van der Waals surface area contributed by atoms with Crippen LogP contribution >= 0.6 is 0 Å². The van der Waals surface area contributed by atoms with E-state index in [1.54, 1.807) is 11.0 Å². The molecule has 2 aromatic heterocycles. The molecule has 1 amide bonds. The Bertz CT molecular complexity index is 1570. The quantitative estimate of drug-likeness (QED) is 0.383. The van der Waals surface area contributed by atoms with Gasteiger partial charge in [0.25, 0.3) is 5.69 Å². The molecule has 2 aliphatic carbocycles. The molecule has 1 unspecified atom stereocenters. The first-order chi connectivity index (χ1) is 16.8. The van der Waals surface area contributed by atoms with Crippen LogP contribution in [-0.2, 0) is 11.2 Å². The third kappa shape index (κ3) is 2.62. The zero-order valence-electron chi connectivity index (χ0n) is 19.3. The minimum atomic E-state index is -0.722. The fourth-order valence-electron chi connectivity index (χ4n) is 6.07. The van der Waals surface area contributed by atoms with Crippen molar-refractivity contribution in [3.8, 4) is 0 Å². The van der Waals surface area contributed by atoms with Crippen molar-refractivity contribution in [2.24, 2.45) is 11.3 Å². The van der Waals surface area contributed by atoms with Crippen LogP contribution in [0.25, 0.3) is 16.6 Å². The molecule has 0 bridgehead atoms.